The monoisotopic (exact) mass is 446 g/mol. The van der Waals surface area contributed by atoms with E-state index in [2.05, 4.69) is 15.3 Å². The SMILES string of the molecule is CN(C(=O)O)C1CCC(NC(=O)C(Cc2ccccc2)c2ncc(-c3ccccc3)[nH]2)CC1. The van der Waals surface area contributed by atoms with E-state index < -0.39 is 12.0 Å². The summed E-state index contributed by atoms with van der Waals surface area (Å²) in [6.07, 6.45) is 4.44. The topological polar surface area (TPSA) is 98.3 Å². The fourth-order valence-corrected chi connectivity index (χ4v) is 4.51. The van der Waals surface area contributed by atoms with Gasteiger partial charge >= 0.3 is 6.09 Å². The molecule has 1 unspecified atom stereocenters. The van der Waals surface area contributed by atoms with E-state index in [-0.39, 0.29) is 18.0 Å². The molecular weight excluding hydrogens is 416 g/mol. The van der Waals surface area contributed by atoms with Crippen LogP contribution in [0.15, 0.2) is 66.9 Å². The number of aromatic nitrogens is 2. The van der Waals surface area contributed by atoms with E-state index in [4.69, 9.17) is 0 Å². The predicted octanol–water partition coefficient (Wildman–Crippen LogP) is 4.44. The summed E-state index contributed by atoms with van der Waals surface area (Å²) in [5, 5.41) is 12.4. The average Bonchev–Trinajstić information content (AvgIpc) is 3.33. The molecule has 3 aromatic rings. The molecule has 1 saturated carbocycles. The maximum Gasteiger partial charge on any atom is 0.407 e. The van der Waals surface area contributed by atoms with Gasteiger partial charge in [-0.3, -0.25) is 4.79 Å². The number of hydrogen-bond donors (Lipinski definition) is 3. The fourth-order valence-electron chi connectivity index (χ4n) is 4.51. The van der Waals surface area contributed by atoms with Crippen molar-refractivity contribution >= 4 is 12.0 Å². The number of carbonyl (C=O) groups excluding carboxylic acids is 1. The summed E-state index contributed by atoms with van der Waals surface area (Å²) in [7, 11) is 1.61. The summed E-state index contributed by atoms with van der Waals surface area (Å²) >= 11 is 0. The van der Waals surface area contributed by atoms with E-state index in [0.717, 1.165) is 42.5 Å². The number of amides is 2. The van der Waals surface area contributed by atoms with Gasteiger partial charge in [0.05, 0.1) is 17.8 Å². The van der Waals surface area contributed by atoms with Crippen molar-refractivity contribution in [2.24, 2.45) is 0 Å². The third-order valence-electron chi connectivity index (χ3n) is 6.50. The van der Waals surface area contributed by atoms with Gasteiger partial charge in [-0.1, -0.05) is 60.7 Å². The molecule has 0 spiro atoms. The number of H-pyrrole nitrogens is 1. The van der Waals surface area contributed by atoms with Crippen molar-refractivity contribution in [3.63, 3.8) is 0 Å². The first-order chi connectivity index (χ1) is 16.0. The van der Waals surface area contributed by atoms with E-state index in [1.54, 1.807) is 13.2 Å². The summed E-state index contributed by atoms with van der Waals surface area (Å²) in [5.74, 6) is 0.154. The Balaban J connectivity index is 1.48. The van der Waals surface area contributed by atoms with Gasteiger partial charge in [-0.2, -0.15) is 0 Å². The van der Waals surface area contributed by atoms with E-state index in [9.17, 15) is 14.7 Å². The number of carboxylic acid groups (broad SMARTS) is 1. The van der Waals surface area contributed by atoms with Gasteiger partial charge in [0.25, 0.3) is 0 Å². The van der Waals surface area contributed by atoms with Crippen LogP contribution in [0.1, 0.15) is 43.0 Å². The number of aromatic amines is 1. The molecule has 1 aliphatic carbocycles. The Labute approximate surface area is 193 Å². The summed E-state index contributed by atoms with van der Waals surface area (Å²) in [4.78, 5) is 33.9. The van der Waals surface area contributed by atoms with Gasteiger partial charge in [-0.15, -0.1) is 0 Å². The van der Waals surface area contributed by atoms with Crippen molar-refractivity contribution in [1.82, 2.24) is 20.2 Å². The Morgan fingerprint density at radius 1 is 1.06 bits per heavy atom. The Bertz CT molecular complexity index is 1060. The maximum absolute atomic E-state index is 13.4. The number of imidazole rings is 1. The predicted molar refractivity (Wildman–Crippen MR) is 127 cm³/mol. The van der Waals surface area contributed by atoms with Crippen molar-refractivity contribution in [3.8, 4) is 11.3 Å². The molecule has 1 atom stereocenters. The van der Waals surface area contributed by atoms with Gasteiger partial charge in [-0.25, -0.2) is 9.78 Å². The second-order valence-electron chi connectivity index (χ2n) is 8.70. The first-order valence-corrected chi connectivity index (χ1v) is 11.4. The molecule has 0 saturated heterocycles. The van der Waals surface area contributed by atoms with Gasteiger partial charge in [0.15, 0.2) is 0 Å². The minimum Gasteiger partial charge on any atom is -0.465 e. The Kier molecular flexibility index (Phi) is 7.07. The number of nitrogens with one attached hydrogen (secondary N) is 2. The van der Waals surface area contributed by atoms with Crippen molar-refractivity contribution in [1.29, 1.82) is 0 Å². The Morgan fingerprint density at radius 2 is 1.70 bits per heavy atom. The molecule has 2 amide bonds. The number of carbonyl (C=O) groups is 2. The molecule has 1 heterocycles. The molecule has 1 aromatic heterocycles. The number of nitrogens with zero attached hydrogens (tertiary/aromatic N) is 2. The van der Waals surface area contributed by atoms with E-state index in [1.165, 1.54) is 4.90 Å². The van der Waals surface area contributed by atoms with Gasteiger partial charge in [0.2, 0.25) is 5.91 Å². The van der Waals surface area contributed by atoms with Crippen LogP contribution in [0.4, 0.5) is 4.79 Å². The van der Waals surface area contributed by atoms with Gasteiger partial charge in [0.1, 0.15) is 5.82 Å². The van der Waals surface area contributed by atoms with Crippen LogP contribution in [0.5, 0.6) is 0 Å². The summed E-state index contributed by atoms with van der Waals surface area (Å²) in [6, 6.07) is 19.9. The molecule has 0 aliphatic heterocycles. The molecule has 0 radical (unpaired) electrons. The third-order valence-corrected chi connectivity index (χ3v) is 6.50. The maximum atomic E-state index is 13.4. The normalized spacial score (nSPS) is 18.9. The second kappa shape index (κ2) is 10.3. The largest absolute Gasteiger partial charge is 0.465 e. The molecule has 33 heavy (non-hydrogen) atoms. The molecule has 1 fully saturated rings. The van der Waals surface area contributed by atoms with Crippen LogP contribution in [-0.4, -0.2) is 51.1 Å². The average molecular weight is 447 g/mol. The fraction of sp³-hybridized carbons (Fsp3) is 0.346. The van der Waals surface area contributed by atoms with Crippen LogP contribution in [0.2, 0.25) is 0 Å². The van der Waals surface area contributed by atoms with Crippen LogP contribution in [0.25, 0.3) is 11.3 Å². The second-order valence-corrected chi connectivity index (χ2v) is 8.70. The van der Waals surface area contributed by atoms with Crippen molar-refractivity contribution in [2.75, 3.05) is 7.05 Å². The molecule has 4 rings (SSSR count). The van der Waals surface area contributed by atoms with Crippen molar-refractivity contribution in [2.45, 2.75) is 50.1 Å². The summed E-state index contributed by atoms with van der Waals surface area (Å²) in [6.45, 7) is 0. The lowest BCUT2D eigenvalue weighted by Gasteiger charge is -2.34. The zero-order valence-electron chi connectivity index (χ0n) is 18.8. The first kappa shape index (κ1) is 22.6. The number of hydrogen-bond acceptors (Lipinski definition) is 3. The molecule has 0 bridgehead atoms. The number of benzene rings is 2. The van der Waals surface area contributed by atoms with Crippen molar-refractivity contribution < 1.29 is 14.7 Å². The Morgan fingerprint density at radius 3 is 2.33 bits per heavy atom. The highest BCUT2D eigenvalue weighted by atomic mass is 16.4. The zero-order valence-corrected chi connectivity index (χ0v) is 18.8. The lowest BCUT2D eigenvalue weighted by molar-refractivity contribution is -0.123. The lowest BCUT2D eigenvalue weighted by atomic mass is 9.89. The van der Waals surface area contributed by atoms with E-state index in [0.29, 0.717) is 12.2 Å². The standard InChI is InChI=1S/C26H30N4O3/c1-30(26(32)33)21-14-12-20(13-15-21)28-25(31)22(16-18-8-4-2-5-9-18)24-27-17-23(29-24)19-10-6-3-7-11-19/h2-11,17,20-22H,12-16H2,1H3,(H,27,29)(H,28,31)(H,32,33). The molecule has 7 nitrogen and oxygen atoms in total. The number of rotatable bonds is 7. The zero-order chi connectivity index (χ0) is 23.2. The van der Waals surface area contributed by atoms with E-state index >= 15 is 0 Å². The van der Waals surface area contributed by atoms with Crippen molar-refractivity contribution in [3.05, 3.63) is 78.2 Å². The summed E-state index contributed by atoms with van der Waals surface area (Å²) < 4.78 is 0. The molecule has 7 heteroatoms. The highest BCUT2D eigenvalue weighted by Crippen LogP contribution is 2.26. The molecular formula is C26H30N4O3. The minimum atomic E-state index is -0.905. The van der Waals surface area contributed by atoms with Crippen LogP contribution in [-0.2, 0) is 11.2 Å². The minimum absolute atomic E-state index is 0.00859. The van der Waals surface area contributed by atoms with Gasteiger partial charge in [0, 0.05) is 19.1 Å². The lowest BCUT2D eigenvalue weighted by Crippen LogP contribution is -2.45. The van der Waals surface area contributed by atoms with Crippen LogP contribution < -0.4 is 5.32 Å². The molecule has 2 aromatic carbocycles. The van der Waals surface area contributed by atoms with Gasteiger partial charge < -0.3 is 20.3 Å². The quantitative estimate of drug-likeness (QED) is 0.500. The van der Waals surface area contributed by atoms with Crippen LogP contribution in [0.3, 0.4) is 0 Å². The summed E-state index contributed by atoms with van der Waals surface area (Å²) in [5.41, 5.74) is 2.98. The van der Waals surface area contributed by atoms with Gasteiger partial charge in [-0.05, 0) is 43.2 Å². The smallest absolute Gasteiger partial charge is 0.407 e. The molecule has 172 valence electrons. The van der Waals surface area contributed by atoms with Crippen LogP contribution >= 0.6 is 0 Å². The Hall–Kier alpha value is -3.61. The third kappa shape index (κ3) is 5.61. The van der Waals surface area contributed by atoms with Crippen LogP contribution in [0, 0.1) is 0 Å². The van der Waals surface area contributed by atoms with E-state index in [1.807, 2.05) is 60.7 Å². The molecule has 1 aliphatic rings. The first-order valence-electron chi connectivity index (χ1n) is 11.4. The highest BCUT2D eigenvalue weighted by molar-refractivity contribution is 5.83. The highest BCUT2D eigenvalue weighted by Gasteiger charge is 2.30. The molecule has 3 N–H and O–H groups in total.